The maximum Gasteiger partial charge on any atom is 0.243 e. The number of sulfonamides is 1. The maximum absolute atomic E-state index is 13.3. The van der Waals surface area contributed by atoms with Gasteiger partial charge in [0, 0.05) is 20.1 Å². The van der Waals surface area contributed by atoms with Crippen molar-refractivity contribution in [1.29, 1.82) is 0 Å². The van der Waals surface area contributed by atoms with Crippen molar-refractivity contribution in [2.75, 3.05) is 25.2 Å². The number of hydrogen-bond donors (Lipinski definition) is 2. The standard InChI is InChI=1S/C27H27N3O6S.H2/c31-20-10-14-30(15-11-20)37(33,34)21-7-4-18(5-8-21)22-2-1-3-25(28-22)29-26(32)27(12-13-27)19-6-9-23-24(16-19)36-17-35-23;/h1-9,16,20,31H,10-15,17H2,(H,28,29,32);1H. The highest BCUT2D eigenvalue weighted by Crippen LogP contribution is 2.51. The predicted octanol–water partition coefficient (Wildman–Crippen LogP) is 3.54. The molecule has 2 aliphatic heterocycles. The number of carbonyl (C=O) groups is 1. The van der Waals surface area contributed by atoms with Gasteiger partial charge in [-0.15, -0.1) is 0 Å². The fourth-order valence-electron chi connectivity index (χ4n) is 4.90. The van der Waals surface area contributed by atoms with Gasteiger partial charge in [0.25, 0.3) is 0 Å². The molecule has 10 heteroatoms. The molecular weight excluding hydrogens is 494 g/mol. The van der Waals surface area contributed by atoms with Crippen LogP contribution in [-0.2, 0) is 20.2 Å². The normalized spacial score (nSPS) is 18.9. The van der Waals surface area contributed by atoms with E-state index in [0.29, 0.717) is 48.9 Å². The average molecular weight is 524 g/mol. The summed E-state index contributed by atoms with van der Waals surface area (Å²) in [4.78, 5) is 18.1. The van der Waals surface area contributed by atoms with E-state index in [1.165, 1.54) is 4.31 Å². The topological polar surface area (TPSA) is 118 Å². The Bertz CT molecular complexity index is 1450. The predicted molar refractivity (Wildman–Crippen MR) is 138 cm³/mol. The number of anilines is 1. The van der Waals surface area contributed by atoms with E-state index in [4.69, 9.17) is 9.47 Å². The van der Waals surface area contributed by atoms with E-state index >= 15 is 0 Å². The summed E-state index contributed by atoms with van der Waals surface area (Å²) in [5, 5.41) is 12.6. The van der Waals surface area contributed by atoms with Crippen LogP contribution in [0.1, 0.15) is 32.7 Å². The Hall–Kier alpha value is -3.47. The fraction of sp³-hybridized carbons (Fsp3) is 0.333. The molecule has 3 aromatic rings. The Morgan fingerprint density at radius 2 is 1.76 bits per heavy atom. The first kappa shape index (κ1) is 23.9. The average Bonchev–Trinajstić information content (AvgIpc) is 3.60. The fourth-order valence-corrected chi connectivity index (χ4v) is 6.37. The van der Waals surface area contributed by atoms with E-state index < -0.39 is 21.5 Å². The summed E-state index contributed by atoms with van der Waals surface area (Å²) in [5.74, 6) is 1.64. The number of carbonyl (C=O) groups excluding carboxylic acids is 1. The Kier molecular flexibility index (Phi) is 5.89. The summed E-state index contributed by atoms with van der Waals surface area (Å²) < 4.78 is 38.2. The van der Waals surface area contributed by atoms with Crippen molar-refractivity contribution >= 4 is 21.7 Å². The lowest BCUT2D eigenvalue weighted by molar-refractivity contribution is -0.118. The molecule has 3 heterocycles. The highest BCUT2D eigenvalue weighted by molar-refractivity contribution is 7.89. The third-order valence-electron chi connectivity index (χ3n) is 7.31. The second-order valence-corrected chi connectivity index (χ2v) is 11.6. The number of hydrogen-bond acceptors (Lipinski definition) is 7. The van der Waals surface area contributed by atoms with E-state index in [0.717, 1.165) is 24.0 Å². The highest BCUT2D eigenvalue weighted by Gasteiger charge is 2.51. The molecule has 2 N–H and O–H groups in total. The molecule has 1 saturated heterocycles. The van der Waals surface area contributed by atoms with Gasteiger partial charge in [0.2, 0.25) is 22.7 Å². The SMILES string of the molecule is O=C(Nc1cccc(-c2ccc(S(=O)(=O)N3CCC(O)CC3)cc2)n1)C1(c2ccc3c(c2)OCO3)CC1.[HH]. The minimum absolute atomic E-state index is 0. The smallest absolute Gasteiger partial charge is 0.243 e. The van der Waals surface area contributed by atoms with Gasteiger partial charge in [-0.25, -0.2) is 13.4 Å². The molecule has 1 saturated carbocycles. The van der Waals surface area contributed by atoms with E-state index in [1.54, 1.807) is 30.3 Å². The van der Waals surface area contributed by atoms with Gasteiger partial charge in [0.15, 0.2) is 11.5 Å². The molecule has 37 heavy (non-hydrogen) atoms. The number of benzene rings is 2. The molecule has 0 radical (unpaired) electrons. The molecule has 1 aromatic heterocycles. The molecule has 0 spiro atoms. The summed E-state index contributed by atoms with van der Waals surface area (Å²) in [6.45, 7) is 0.800. The number of amides is 1. The zero-order valence-corrected chi connectivity index (χ0v) is 20.9. The monoisotopic (exact) mass is 523 g/mol. The van der Waals surface area contributed by atoms with Crippen LogP contribution in [0.25, 0.3) is 11.3 Å². The van der Waals surface area contributed by atoms with Crippen molar-refractivity contribution < 1.29 is 29.2 Å². The lowest BCUT2D eigenvalue weighted by Crippen LogP contribution is -2.39. The Morgan fingerprint density at radius 3 is 2.49 bits per heavy atom. The van der Waals surface area contributed by atoms with E-state index in [9.17, 15) is 18.3 Å². The van der Waals surface area contributed by atoms with Crippen LogP contribution in [0.5, 0.6) is 11.5 Å². The van der Waals surface area contributed by atoms with Gasteiger partial charge in [-0.2, -0.15) is 4.31 Å². The number of rotatable bonds is 6. The molecule has 0 bridgehead atoms. The van der Waals surface area contributed by atoms with Crippen LogP contribution < -0.4 is 14.8 Å². The number of ether oxygens (including phenoxy) is 2. The van der Waals surface area contributed by atoms with Crippen molar-refractivity contribution in [2.24, 2.45) is 0 Å². The first-order valence-corrected chi connectivity index (χ1v) is 13.8. The van der Waals surface area contributed by atoms with E-state index in [-0.39, 0.29) is 19.0 Å². The van der Waals surface area contributed by atoms with Gasteiger partial charge in [-0.05, 0) is 67.6 Å². The zero-order valence-electron chi connectivity index (χ0n) is 20.1. The molecule has 2 fully saturated rings. The van der Waals surface area contributed by atoms with Crippen molar-refractivity contribution in [1.82, 2.24) is 9.29 Å². The minimum Gasteiger partial charge on any atom is -0.454 e. The largest absolute Gasteiger partial charge is 0.454 e. The van der Waals surface area contributed by atoms with Crippen LogP contribution >= 0.6 is 0 Å². The number of nitrogens with one attached hydrogen (secondary N) is 1. The summed E-state index contributed by atoms with van der Waals surface area (Å²) in [6, 6.07) is 17.6. The van der Waals surface area contributed by atoms with Gasteiger partial charge < -0.3 is 19.9 Å². The lowest BCUT2D eigenvalue weighted by atomic mass is 9.94. The first-order valence-electron chi connectivity index (χ1n) is 12.3. The number of nitrogens with zero attached hydrogens (tertiary/aromatic N) is 2. The third-order valence-corrected chi connectivity index (χ3v) is 9.22. The van der Waals surface area contributed by atoms with E-state index in [1.807, 2.05) is 30.3 Å². The van der Waals surface area contributed by atoms with Crippen molar-refractivity contribution in [3.8, 4) is 22.8 Å². The maximum atomic E-state index is 13.3. The van der Waals surface area contributed by atoms with Crippen molar-refractivity contribution in [3.05, 3.63) is 66.2 Å². The minimum atomic E-state index is -3.62. The molecule has 0 unspecified atom stereocenters. The van der Waals surface area contributed by atoms with Crippen LogP contribution in [0, 0.1) is 0 Å². The van der Waals surface area contributed by atoms with Gasteiger partial charge in [0.05, 0.1) is 22.1 Å². The van der Waals surface area contributed by atoms with Crippen LogP contribution in [0.4, 0.5) is 5.82 Å². The molecule has 2 aromatic carbocycles. The highest BCUT2D eigenvalue weighted by atomic mass is 32.2. The zero-order chi connectivity index (χ0) is 25.6. The molecular formula is C27H29N3O6S. The number of aliphatic hydroxyl groups excluding tert-OH is 1. The summed E-state index contributed by atoms with van der Waals surface area (Å²) in [6.07, 6.45) is 1.92. The molecule has 0 atom stereocenters. The van der Waals surface area contributed by atoms with Gasteiger partial charge in [-0.1, -0.05) is 24.3 Å². The lowest BCUT2D eigenvalue weighted by Gasteiger charge is -2.28. The Labute approximate surface area is 216 Å². The number of piperidine rings is 1. The second-order valence-electron chi connectivity index (χ2n) is 9.67. The number of aromatic nitrogens is 1. The van der Waals surface area contributed by atoms with Crippen LogP contribution in [0.15, 0.2) is 65.6 Å². The van der Waals surface area contributed by atoms with Crippen LogP contribution in [0.3, 0.4) is 0 Å². The Balaban J connectivity index is 0.00000294. The summed E-state index contributed by atoms with van der Waals surface area (Å²) in [5.41, 5.74) is 1.64. The Morgan fingerprint density at radius 1 is 1.03 bits per heavy atom. The number of fused-ring (bicyclic) bond motifs is 1. The summed E-state index contributed by atoms with van der Waals surface area (Å²) in [7, 11) is -3.62. The first-order chi connectivity index (χ1) is 17.8. The van der Waals surface area contributed by atoms with Gasteiger partial charge in [0.1, 0.15) is 5.82 Å². The molecule has 6 rings (SSSR count). The third kappa shape index (κ3) is 4.45. The molecule has 194 valence electrons. The van der Waals surface area contributed by atoms with E-state index in [2.05, 4.69) is 10.3 Å². The van der Waals surface area contributed by atoms with Crippen LogP contribution in [0.2, 0.25) is 0 Å². The molecule has 3 aliphatic rings. The van der Waals surface area contributed by atoms with Gasteiger partial charge >= 0.3 is 0 Å². The van der Waals surface area contributed by atoms with Gasteiger partial charge in [-0.3, -0.25) is 4.79 Å². The molecule has 9 nitrogen and oxygen atoms in total. The van der Waals surface area contributed by atoms with Crippen LogP contribution in [-0.4, -0.2) is 54.7 Å². The number of pyridine rings is 1. The quantitative estimate of drug-likeness (QED) is 0.507. The molecule has 1 amide bonds. The second kappa shape index (κ2) is 9.13. The van der Waals surface area contributed by atoms with Crippen molar-refractivity contribution in [3.63, 3.8) is 0 Å². The summed E-state index contributed by atoms with van der Waals surface area (Å²) >= 11 is 0. The van der Waals surface area contributed by atoms with Crippen molar-refractivity contribution in [2.45, 2.75) is 42.1 Å². The molecule has 1 aliphatic carbocycles. The number of aliphatic hydroxyl groups is 1.